The minimum Gasteiger partial charge on any atom is -0.496 e. The zero-order valence-corrected chi connectivity index (χ0v) is 10.5. The summed E-state index contributed by atoms with van der Waals surface area (Å²) in [6, 6.07) is 5.83. The number of benzene rings is 1. The second kappa shape index (κ2) is 4.22. The number of hydrogen-bond acceptors (Lipinski definition) is 3. The fraction of sp³-hybridized carbons (Fsp3) is 0.250. The molecule has 0 spiro atoms. The normalized spacial score (nSPS) is 10.5. The van der Waals surface area contributed by atoms with Crippen molar-refractivity contribution >= 4 is 12.6 Å². The summed E-state index contributed by atoms with van der Waals surface area (Å²) in [7, 11) is 3.58. The van der Waals surface area contributed by atoms with Crippen molar-refractivity contribution in [2.24, 2.45) is 7.05 Å². The zero-order valence-electron chi connectivity index (χ0n) is 9.56. The number of ether oxygens (including phenoxy) is 1. The van der Waals surface area contributed by atoms with Gasteiger partial charge >= 0.3 is 0 Å². The lowest BCUT2D eigenvalue weighted by Gasteiger charge is -2.08. The molecule has 3 nitrogen and oxygen atoms in total. The minimum atomic E-state index is 0.842. The predicted molar refractivity (Wildman–Crippen MR) is 67.2 cm³/mol. The molecule has 2 rings (SSSR count). The third kappa shape index (κ3) is 1.93. The number of hydrogen-bond donors (Lipinski definition) is 1. The maximum atomic E-state index is 5.35. The van der Waals surface area contributed by atoms with Crippen molar-refractivity contribution in [3.63, 3.8) is 0 Å². The van der Waals surface area contributed by atoms with Crippen LogP contribution in [0.25, 0.3) is 11.1 Å². The van der Waals surface area contributed by atoms with Crippen molar-refractivity contribution < 1.29 is 4.74 Å². The smallest absolute Gasteiger partial charge is 0.126 e. The largest absolute Gasteiger partial charge is 0.496 e. The van der Waals surface area contributed by atoms with Crippen molar-refractivity contribution in [2.45, 2.75) is 11.8 Å². The summed E-state index contributed by atoms with van der Waals surface area (Å²) < 4.78 is 7.15. The van der Waals surface area contributed by atoms with Gasteiger partial charge in [0.15, 0.2) is 0 Å². The Bertz CT molecular complexity index is 520. The molecule has 0 atom stereocenters. The lowest BCUT2D eigenvalue weighted by Crippen LogP contribution is -1.88. The second-order valence-corrected chi connectivity index (χ2v) is 4.20. The molecule has 84 valence electrons. The van der Waals surface area contributed by atoms with Gasteiger partial charge in [0.05, 0.1) is 12.8 Å². The highest BCUT2D eigenvalue weighted by Crippen LogP contribution is 2.33. The Morgan fingerprint density at radius 1 is 1.31 bits per heavy atom. The number of thiol groups is 1. The van der Waals surface area contributed by atoms with Gasteiger partial charge in [-0.15, -0.1) is 12.6 Å². The summed E-state index contributed by atoms with van der Waals surface area (Å²) >= 11 is 4.35. The van der Waals surface area contributed by atoms with E-state index in [0.717, 1.165) is 27.5 Å². The lowest BCUT2D eigenvalue weighted by atomic mass is 10.1. The first-order valence-corrected chi connectivity index (χ1v) is 5.44. The van der Waals surface area contributed by atoms with Gasteiger partial charge in [-0.3, -0.25) is 4.68 Å². The van der Waals surface area contributed by atoms with Crippen LogP contribution in [0.1, 0.15) is 5.69 Å². The van der Waals surface area contributed by atoms with E-state index in [1.165, 1.54) is 0 Å². The standard InChI is InChI=1S/C12H14N2OS/c1-8-11(7-14(2)13-8)10-6-9(16)4-5-12(10)15-3/h4-7,16H,1-3H3. The van der Waals surface area contributed by atoms with Crippen LogP contribution >= 0.6 is 12.6 Å². The average Bonchev–Trinajstić information content (AvgIpc) is 2.57. The van der Waals surface area contributed by atoms with Gasteiger partial charge < -0.3 is 4.74 Å². The van der Waals surface area contributed by atoms with Crippen molar-refractivity contribution in [1.82, 2.24) is 9.78 Å². The molecule has 0 aliphatic carbocycles. The van der Waals surface area contributed by atoms with Crippen molar-refractivity contribution in [2.75, 3.05) is 7.11 Å². The highest BCUT2D eigenvalue weighted by molar-refractivity contribution is 7.80. The Labute approximate surface area is 100 Å². The number of rotatable bonds is 2. The highest BCUT2D eigenvalue weighted by Gasteiger charge is 2.11. The summed E-state index contributed by atoms with van der Waals surface area (Å²) in [5, 5.41) is 4.33. The van der Waals surface area contributed by atoms with Gasteiger partial charge in [-0.1, -0.05) is 0 Å². The summed E-state index contributed by atoms with van der Waals surface area (Å²) in [6.07, 6.45) is 1.99. The first-order valence-electron chi connectivity index (χ1n) is 4.99. The molecule has 1 aromatic heterocycles. The average molecular weight is 234 g/mol. The molecule has 0 fully saturated rings. The van der Waals surface area contributed by atoms with Gasteiger partial charge in [0.2, 0.25) is 0 Å². The van der Waals surface area contributed by atoms with E-state index in [2.05, 4.69) is 17.7 Å². The van der Waals surface area contributed by atoms with Crippen LogP contribution in [0.3, 0.4) is 0 Å². The molecule has 1 heterocycles. The SMILES string of the molecule is COc1ccc(S)cc1-c1cn(C)nc1C. The fourth-order valence-corrected chi connectivity index (χ4v) is 1.97. The van der Waals surface area contributed by atoms with Gasteiger partial charge in [0, 0.05) is 29.3 Å². The van der Waals surface area contributed by atoms with Crippen LogP contribution in [0, 0.1) is 6.92 Å². The Morgan fingerprint density at radius 3 is 2.62 bits per heavy atom. The van der Waals surface area contributed by atoms with Gasteiger partial charge in [-0.05, 0) is 25.1 Å². The number of nitrogens with zero attached hydrogens (tertiary/aromatic N) is 2. The van der Waals surface area contributed by atoms with Crippen LogP contribution in [0.2, 0.25) is 0 Å². The van der Waals surface area contributed by atoms with E-state index in [4.69, 9.17) is 4.74 Å². The Morgan fingerprint density at radius 2 is 2.06 bits per heavy atom. The fourth-order valence-electron chi connectivity index (χ4n) is 1.77. The molecular formula is C12H14N2OS. The molecule has 0 unspecified atom stereocenters. The minimum absolute atomic E-state index is 0.842. The van der Waals surface area contributed by atoms with E-state index in [-0.39, 0.29) is 0 Å². The van der Waals surface area contributed by atoms with E-state index in [0.29, 0.717) is 0 Å². The molecule has 16 heavy (non-hydrogen) atoms. The first kappa shape index (κ1) is 11.1. The van der Waals surface area contributed by atoms with Crippen molar-refractivity contribution in [3.8, 4) is 16.9 Å². The molecule has 0 radical (unpaired) electrons. The summed E-state index contributed by atoms with van der Waals surface area (Å²) in [4.78, 5) is 0.916. The Kier molecular flexibility index (Phi) is 2.92. The van der Waals surface area contributed by atoms with Crippen LogP contribution in [-0.4, -0.2) is 16.9 Å². The molecule has 0 bridgehead atoms. The van der Waals surface area contributed by atoms with E-state index in [1.807, 2.05) is 38.4 Å². The summed E-state index contributed by atoms with van der Waals surface area (Å²) in [5.74, 6) is 0.842. The first-order chi connectivity index (χ1) is 7.61. The molecule has 0 aliphatic rings. The van der Waals surface area contributed by atoms with E-state index < -0.39 is 0 Å². The van der Waals surface area contributed by atoms with Crippen LogP contribution in [0.5, 0.6) is 5.75 Å². The molecule has 0 N–H and O–H groups in total. The van der Waals surface area contributed by atoms with Crippen LogP contribution in [0.4, 0.5) is 0 Å². The van der Waals surface area contributed by atoms with E-state index >= 15 is 0 Å². The second-order valence-electron chi connectivity index (χ2n) is 3.69. The number of aromatic nitrogens is 2. The monoisotopic (exact) mass is 234 g/mol. The third-order valence-corrected chi connectivity index (χ3v) is 2.76. The number of methoxy groups -OCH3 is 1. The van der Waals surface area contributed by atoms with Crippen LogP contribution < -0.4 is 4.74 Å². The quantitative estimate of drug-likeness (QED) is 0.809. The Balaban J connectivity index is 2.62. The highest BCUT2D eigenvalue weighted by atomic mass is 32.1. The molecule has 4 heteroatoms. The Hall–Kier alpha value is -1.42. The topological polar surface area (TPSA) is 27.1 Å². The number of aryl methyl sites for hydroxylation is 2. The van der Waals surface area contributed by atoms with Crippen LogP contribution in [0.15, 0.2) is 29.3 Å². The molecule has 1 aromatic carbocycles. The maximum Gasteiger partial charge on any atom is 0.126 e. The lowest BCUT2D eigenvalue weighted by molar-refractivity contribution is 0.416. The summed E-state index contributed by atoms with van der Waals surface area (Å²) in [5.41, 5.74) is 3.09. The molecule has 0 saturated carbocycles. The van der Waals surface area contributed by atoms with Gasteiger partial charge in [-0.25, -0.2) is 0 Å². The summed E-state index contributed by atoms with van der Waals surface area (Å²) in [6.45, 7) is 1.99. The van der Waals surface area contributed by atoms with Crippen molar-refractivity contribution in [1.29, 1.82) is 0 Å². The van der Waals surface area contributed by atoms with Gasteiger partial charge in [0.1, 0.15) is 5.75 Å². The van der Waals surface area contributed by atoms with E-state index in [9.17, 15) is 0 Å². The molecule has 0 saturated heterocycles. The van der Waals surface area contributed by atoms with Gasteiger partial charge in [0.25, 0.3) is 0 Å². The maximum absolute atomic E-state index is 5.35. The van der Waals surface area contributed by atoms with Crippen molar-refractivity contribution in [3.05, 3.63) is 30.1 Å². The zero-order chi connectivity index (χ0) is 11.7. The van der Waals surface area contributed by atoms with Crippen LogP contribution in [-0.2, 0) is 7.05 Å². The molecular weight excluding hydrogens is 220 g/mol. The van der Waals surface area contributed by atoms with E-state index in [1.54, 1.807) is 11.8 Å². The molecule has 2 aromatic rings. The predicted octanol–water partition coefficient (Wildman–Crippen LogP) is 2.69. The molecule has 0 aliphatic heterocycles. The van der Waals surface area contributed by atoms with Gasteiger partial charge in [-0.2, -0.15) is 5.10 Å². The molecule has 0 amide bonds. The third-order valence-electron chi connectivity index (χ3n) is 2.49.